The molecule has 1 aromatic carbocycles. The molecule has 2 heterocycles. The van der Waals surface area contributed by atoms with Crippen LogP contribution in [0.3, 0.4) is 0 Å². The fraction of sp³-hybridized carbons (Fsp3) is 0.412. The van der Waals surface area contributed by atoms with Gasteiger partial charge in [0.2, 0.25) is 5.95 Å². The molecule has 0 radical (unpaired) electrons. The summed E-state index contributed by atoms with van der Waals surface area (Å²) in [5.74, 6) is 2.06. The normalized spacial score (nSPS) is 17.1. The average Bonchev–Trinajstić information content (AvgIpc) is 3.09. The van der Waals surface area contributed by atoms with Crippen molar-refractivity contribution in [3.63, 3.8) is 0 Å². The lowest BCUT2D eigenvalue weighted by atomic mass is 10.2. The smallest absolute Gasteiger partial charge is 0.227 e. The molecule has 1 atom stereocenters. The molecule has 0 bridgehead atoms. The second-order valence-electron chi connectivity index (χ2n) is 5.74. The molecule has 3 rings (SSSR count). The van der Waals surface area contributed by atoms with E-state index in [2.05, 4.69) is 20.2 Å². The summed E-state index contributed by atoms with van der Waals surface area (Å²) >= 11 is 6.15. The van der Waals surface area contributed by atoms with Gasteiger partial charge in [-0.2, -0.15) is 4.98 Å². The number of nitrogens with zero attached hydrogens (tertiary/aromatic N) is 3. The second kappa shape index (κ2) is 7.68. The van der Waals surface area contributed by atoms with E-state index in [1.165, 1.54) is 0 Å². The highest BCUT2D eigenvalue weighted by Crippen LogP contribution is 2.26. The third-order valence-corrected chi connectivity index (χ3v) is 4.47. The van der Waals surface area contributed by atoms with Crippen LogP contribution in [-0.4, -0.2) is 41.4 Å². The number of hydrogen-bond donors (Lipinski definition) is 2. The lowest BCUT2D eigenvalue weighted by Crippen LogP contribution is -2.33. The van der Waals surface area contributed by atoms with Crippen molar-refractivity contribution in [1.82, 2.24) is 9.97 Å². The number of aliphatic hydroxyl groups excluding tert-OH is 1. The van der Waals surface area contributed by atoms with Crippen molar-refractivity contribution in [3.8, 4) is 5.75 Å². The highest BCUT2D eigenvalue weighted by atomic mass is 35.5. The standard InChI is InChI=1S/C17H21ClN4O2/c1-24-15-5-4-12(9-14(15)18)10-20-16-6-7-19-17(21-16)22-8-2-3-13(22)11-23/h4-7,9,13,23H,2-3,8,10-11H2,1H3,(H,19,20,21). The monoisotopic (exact) mass is 348 g/mol. The predicted octanol–water partition coefficient (Wildman–Crippen LogP) is 2.71. The zero-order valence-electron chi connectivity index (χ0n) is 13.6. The summed E-state index contributed by atoms with van der Waals surface area (Å²) in [7, 11) is 1.60. The van der Waals surface area contributed by atoms with Gasteiger partial charge in [0.1, 0.15) is 11.6 Å². The number of anilines is 2. The number of aliphatic hydroxyl groups is 1. The minimum atomic E-state index is 0.112. The van der Waals surface area contributed by atoms with Crippen molar-refractivity contribution >= 4 is 23.4 Å². The van der Waals surface area contributed by atoms with Crippen LogP contribution in [0.5, 0.6) is 5.75 Å². The third kappa shape index (κ3) is 3.71. The van der Waals surface area contributed by atoms with Gasteiger partial charge in [0.05, 0.1) is 24.8 Å². The van der Waals surface area contributed by atoms with E-state index in [0.29, 0.717) is 23.3 Å². The third-order valence-electron chi connectivity index (χ3n) is 4.18. The molecule has 0 spiro atoms. The summed E-state index contributed by atoms with van der Waals surface area (Å²) in [5, 5.41) is 13.3. The Morgan fingerprint density at radius 1 is 1.42 bits per heavy atom. The van der Waals surface area contributed by atoms with Gasteiger partial charge in [0, 0.05) is 19.3 Å². The largest absolute Gasteiger partial charge is 0.495 e. The molecule has 1 saturated heterocycles. The fourth-order valence-electron chi connectivity index (χ4n) is 2.89. The summed E-state index contributed by atoms with van der Waals surface area (Å²) in [4.78, 5) is 11.0. The van der Waals surface area contributed by atoms with Gasteiger partial charge in [0.15, 0.2) is 0 Å². The number of aromatic nitrogens is 2. The Morgan fingerprint density at radius 2 is 2.29 bits per heavy atom. The Kier molecular flexibility index (Phi) is 5.37. The van der Waals surface area contributed by atoms with Crippen molar-refractivity contribution in [2.45, 2.75) is 25.4 Å². The van der Waals surface area contributed by atoms with Gasteiger partial charge in [0.25, 0.3) is 0 Å². The van der Waals surface area contributed by atoms with Crippen LogP contribution in [0.1, 0.15) is 18.4 Å². The van der Waals surface area contributed by atoms with E-state index in [4.69, 9.17) is 16.3 Å². The quantitative estimate of drug-likeness (QED) is 0.836. The Hall–Kier alpha value is -2.05. The Morgan fingerprint density at radius 3 is 3.04 bits per heavy atom. The summed E-state index contributed by atoms with van der Waals surface area (Å²) in [6.45, 7) is 1.61. The van der Waals surface area contributed by atoms with Crippen LogP contribution < -0.4 is 15.0 Å². The number of benzene rings is 1. The van der Waals surface area contributed by atoms with Crippen LogP contribution in [0.15, 0.2) is 30.5 Å². The zero-order chi connectivity index (χ0) is 16.9. The topological polar surface area (TPSA) is 70.5 Å². The van der Waals surface area contributed by atoms with Gasteiger partial charge < -0.3 is 20.1 Å². The second-order valence-corrected chi connectivity index (χ2v) is 6.14. The van der Waals surface area contributed by atoms with E-state index in [-0.39, 0.29) is 12.6 Å². The molecule has 0 saturated carbocycles. The lowest BCUT2D eigenvalue weighted by Gasteiger charge is -2.23. The van der Waals surface area contributed by atoms with Crippen molar-refractivity contribution in [1.29, 1.82) is 0 Å². The highest BCUT2D eigenvalue weighted by Gasteiger charge is 2.25. The minimum absolute atomic E-state index is 0.112. The lowest BCUT2D eigenvalue weighted by molar-refractivity contribution is 0.265. The molecule has 24 heavy (non-hydrogen) atoms. The van der Waals surface area contributed by atoms with Crippen LogP contribution in [0.2, 0.25) is 5.02 Å². The highest BCUT2D eigenvalue weighted by molar-refractivity contribution is 6.32. The van der Waals surface area contributed by atoms with E-state index in [9.17, 15) is 5.11 Å². The van der Waals surface area contributed by atoms with E-state index >= 15 is 0 Å². The van der Waals surface area contributed by atoms with Crippen LogP contribution in [-0.2, 0) is 6.54 Å². The molecule has 1 aromatic heterocycles. The SMILES string of the molecule is COc1ccc(CNc2ccnc(N3CCCC3CO)n2)cc1Cl. The summed E-state index contributed by atoms with van der Waals surface area (Å²) < 4.78 is 5.16. The summed E-state index contributed by atoms with van der Waals surface area (Å²) in [6.07, 6.45) is 3.76. The first kappa shape index (κ1) is 16.8. The maximum absolute atomic E-state index is 9.45. The molecular formula is C17H21ClN4O2. The maximum atomic E-state index is 9.45. The first-order valence-electron chi connectivity index (χ1n) is 7.98. The predicted molar refractivity (Wildman–Crippen MR) is 94.8 cm³/mol. The molecule has 128 valence electrons. The molecule has 2 aromatic rings. The average molecular weight is 349 g/mol. The summed E-state index contributed by atoms with van der Waals surface area (Å²) in [5.41, 5.74) is 1.04. The Labute approximate surface area is 146 Å². The number of hydrogen-bond acceptors (Lipinski definition) is 6. The number of nitrogens with one attached hydrogen (secondary N) is 1. The minimum Gasteiger partial charge on any atom is -0.495 e. The maximum Gasteiger partial charge on any atom is 0.227 e. The fourth-order valence-corrected chi connectivity index (χ4v) is 3.17. The van der Waals surface area contributed by atoms with Gasteiger partial charge in [-0.3, -0.25) is 0 Å². The van der Waals surface area contributed by atoms with Crippen LogP contribution in [0.4, 0.5) is 11.8 Å². The molecule has 1 unspecified atom stereocenters. The van der Waals surface area contributed by atoms with Crippen molar-refractivity contribution < 1.29 is 9.84 Å². The molecule has 2 N–H and O–H groups in total. The molecule has 0 aliphatic carbocycles. The van der Waals surface area contributed by atoms with E-state index in [1.54, 1.807) is 13.3 Å². The first-order valence-corrected chi connectivity index (χ1v) is 8.36. The van der Waals surface area contributed by atoms with Crippen LogP contribution in [0.25, 0.3) is 0 Å². The van der Waals surface area contributed by atoms with Gasteiger partial charge >= 0.3 is 0 Å². The van der Waals surface area contributed by atoms with Crippen molar-refractivity contribution in [3.05, 3.63) is 41.0 Å². The molecule has 1 fully saturated rings. The Bertz CT molecular complexity index is 698. The van der Waals surface area contributed by atoms with Gasteiger partial charge in [-0.25, -0.2) is 4.98 Å². The number of ether oxygens (including phenoxy) is 1. The van der Waals surface area contributed by atoms with E-state index in [0.717, 1.165) is 30.8 Å². The molecule has 1 aliphatic rings. The van der Waals surface area contributed by atoms with E-state index < -0.39 is 0 Å². The first-order chi connectivity index (χ1) is 11.7. The van der Waals surface area contributed by atoms with Gasteiger partial charge in [-0.15, -0.1) is 0 Å². The zero-order valence-corrected chi connectivity index (χ0v) is 14.3. The van der Waals surface area contributed by atoms with Crippen LogP contribution in [0, 0.1) is 0 Å². The Balaban J connectivity index is 1.67. The van der Waals surface area contributed by atoms with Gasteiger partial charge in [-0.05, 0) is 36.6 Å². The van der Waals surface area contributed by atoms with Crippen molar-refractivity contribution in [2.75, 3.05) is 30.5 Å². The van der Waals surface area contributed by atoms with Gasteiger partial charge in [-0.1, -0.05) is 17.7 Å². The molecular weight excluding hydrogens is 328 g/mol. The summed E-state index contributed by atoms with van der Waals surface area (Å²) in [6, 6.07) is 7.62. The molecule has 7 heteroatoms. The van der Waals surface area contributed by atoms with Crippen LogP contribution >= 0.6 is 11.6 Å². The molecule has 1 aliphatic heterocycles. The van der Waals surface area contributed by atoms with Crippen molar-refractivity contribution in [2.24, 2.45) is 0 Å². The number of rotatable bonds is 6. The number of halogens is 1. The number of methoxy groups -OCH3 is 1. The molecule has 0 amide bonds. The molecule has 6 nitrogen and oxygen atoms in total. The van der Waals surface area contributed by atoms with E-state index in [1.807, 2.05) is 24.3 Å².